The van der Waals surface area contributed by atoms with Crippen molar-refractivity contribution in [3.63, 3.8) is 0 Å². The lowest BCUT2D eigenvalue weighted by Crippen LogP contribution is -2.19. The minimum absolute atomic E-state index is 0.237. The predicted molar refractivity (Wildman–Crippen MR) is 97.2 cm³/mol. The van der Waals surface area contributed by atoms with Gasteiger partial charge < -0.3 is 9.84 Å². The zero-order chi connectivity index (χ0) is 19.9. The van der Waals surface area contributed by atoms with E-state index in [-0.39, 0.29) is 11.5 Å². The van der Waals surface area contributed by atoms with Crippen LogP contribution in [0.25, 0.3) is 10.8 Å². The van der Waals surface area contributed by atoms with E-state index in [0.29, 0.717) is 22.3 Å². The van der Waals surface area contributed by atoms with Crippen molar-refractivity contribution in [1.82, 2.24) is 10.1 Å². The molecule has 146 valence electrons. The van der Waals surface area contributed by atoms with Crippen LogP contribution >= 0.6 is 11.3 Å². The summed E-state index contributed by atoms with van der Waals surface area (Å²) in [5.41, 5.74) is -0.0469. The van der Waals surface area contributed by atoms with Crippen molar-refractivity contribution in [2.45, 2.75) is 29.4 Å². The highest BCUT2D eigenvalue weighted by Gasteiger charge is 2.32. The second-order valence-electron chi connectivity index (χ2n) is 6.15. The summed E-state index contributed by atoms with van der Waals surface area (Å²) in [6.45, 7) is 0. The molecule has 1 aromatic carbocycles. The van der Waals surface area contributed by atoms with Crippen LogP contribution in [0.2, 0.25) is 0 Å². The zero-order valence-electron chi connectivity index (χ0n) is 14.1. The average molecular weight is 425 g/mol. The molecular weight excluding hydrogens is 412 g/mol. The number of halogens is 2. The van der Waals surface area contributed by atoms with Gasteiger partial charge in [0.1, 0.15) is 4.88 Å². The number of thiophene rings is 1. The van der Waals surface area contributed by atoms with Crippen molar-refractivity contribution in [2.75, 3.05) is 5.32 Å². The van der Waals surface area contributed by atoms with E-state index in [0.717, 1.165) is 18.9 Å². The van der Waals surface area contributed by atoms with Gasteiger partial charge >= 0.3 is 5.76 Å². The molecule has 0 aliphatic heterocycles. The molecule has 1 saturated carbocycles. The number of rotatable bonds is 6. The number of carbonyl (C=O) groups is 1. The maximum atomic E-state index is 12.9. The molecule has 7 nitrogen and oxygen atoms in total. The summed E-state index contributed by atoms with van der Waals surface area (Å²) in [7, 11) is -4.93. The van der Waals surface area contributed by atoms with Gasteiger partial charge in [0.25, 0.3) is 11.8 Å². The number of carbonyl (C=O) groups excluding carboxylic acids is 1. The van der Waals surface area contributed by atoms with Crippen LogP contribution in [0, 0.1) is 0 Å². The Kier molecular flexibility index (Phi) is 4.71. The number of amides is 1. The van der Waals surface area contributed by atoms with Crippen LogP contribution in [-0.2, 0) is 9.84 Å². The molecule has 11 heteroatoms. The van der Waals surface area contributed by atoms with E-state index in [1.54, 1.807) is 11.4 Å². The van der Waals surface area contributed by atoms with Crippen LogP contribution in [0.3, 0.4) is 0 Å². The number of anilines is 1. The molecule has 2 heterocycles. The van der Waals surface area contributed by atoms with E-state index < -0.39 is 26.4 Å². The second kappa shape index (κ2) is 7.06. The van der Waals surface area contributed by atoms with Gasteiger partial charge in [-0.3, -0.25) is 4.79 Å². The van der Waals surface area contributed by atoms with Crippen molar-refractivity contribution in [3.8, 4) is 10.8 Å². The summed E-state index contributed by atoms with van der Waals surface area (Å²) >= 11 is 1.25. The van der Waals surface area contributed by atoms with Crippen LogP contribution in [-0.4, -0.2) is 30.2 Å². The molecule has 4 rings (SSSR count). The maximum absolute atomic E-state index is 12.9. The van der Waals surface area contributed by atoms with E-state index in [1.165, 1.54) is 29.5 Å². The first-order valence-corrected chi connectivity index (χ1v) is 10.6. The largest absolute Gasteiger partial charge is 0.341 e. The molecule has 0 radical (unpaired) electrons. The standard InChI is InChI=1S/C17H13F2N3O4S2/c18-17(19)28(24,25)12-4-2-1-3-10(12)15(23)20-11-7-8-27-13(11)16-21-14(22-26-16)9-5-6-9/h1-4,7-9,17H,5-6H2,(H,20,23). The van der Waals surface area contributed by atoms with Gasteiger partial charge in [-0.25, -0.2) is 8.42 Å². The Labute approximate surface area is 162 Å². The Hall–Kier alpha value is -2.66. The maximum Gasteiger partial charge on any atom is 0.341 e. The highest BCUT2D eigenvalue weighted by molar-refractivity contribution is 7.91. The Bertz CT molecular complexity index is 1140. The van der Waals surface area contributed by atoms with Gasteiger partial charge in [0, 0.05) is 5.92 Å². The fourth-order valence-electron chi connectivity index (χ4n) is 2.60. The number of benzene rings is 1. The molecular formula is C17H13F2N3O4S2. The fraction of sp³-hybridized carbons (Fsp3) is 0.235. The number of nitrogens with zero attached hydrogens (tertiary/aromatic N) is 2. The summed E-state index contributed by atoms with van der Waals surface area (Å²) in [5.74, 6) is -3.32. The molecule has 1 N–H and O–H groups in total. The Morgan fingerprint density at radius 3 is 2.71 bits per heavy atom. The van der Waals surface area contributed by atoms with Crippen LogP contribution in [0.5, 0.6) is 0 Å². The molecule has 0 unspecified atom stereocenters. The topological polar surface area (TPSA) is 102 Å². The van der Waals surface area contributed by atoms with E-state index in [2.05, 4.69) is 15.5 Å². The lowest BCUT2D eigenvalue weighted by atomic mass is 10.2. The van der Waals surface area contributed by atoms with E-state index in [1.807, 2.05) is 0 Å². The third kappa shape index (κ3) is 3.42. The number of alkyl halides is 2. The number of sulfone groups is 1. The van der Waals surface area contributed by atoms with E-state index >= 15 is 0 Å². The van der Waals surface area contributed by atoms with Gasteiger partial charge in [0.2, 0.25) is 9.84 Å². The van der Waals surface area contributed by atoms with E-state index in [9.17, 15) is 22.0 Å². The lowest BCUT2D eigenvalue weighted by molar-refractivity contribution is 0.102. The third-order valence-corrected chi connectivity index (χ3v) is 6.51. The summed E-state index contributed by atoms with van der Waals surface area (Å²) < 4.78 is 54.8. The highest BCUT2D eigenvalue weighted by Crippen LogP contribution is 2.40. The monoisotopic (exact) mass is 425 g/mol. The van der Waals surface area contributed by atoms with Gasteiger partial charge in [-0.2, -0.15) is 13.8 Å². The molecule has 2 aromatic heterocycles. The minimum atomic E-state index is -4.93. The minimum Gasteiger partial charge on any atom is -0.333 e. The van der Waals surface area contributed by atoms with Crippen LogP contribution in [0.1, 0.15) is 34.9 Å². The van der Waals surface area contributed by atoms with Crippen molar-refractivity contribution in [1.29, 1.82) is 0 Å². The smallest absolute Gasteiger partial charge is 0.333 e. The third-order valence-electron chi connectivity index (χ3n) is 4.16. The molecule has 1 fully saturated rings. The quantitative estimate of drug-likeness (QED) is 0.642. The Morgan fingerprint density at radius 2 is 2.00 bits per heavy atom. The molecule has 1 amide bonds. The zero-order valence-corrected chi connectivity index (χ0v) is 15.8. The van der Waals surface area contributed by atoms with Gasteiger partial charge in [0.05, 0.1) is 16.1 Å². The summed E-state index contributed by atoms with van der Waals surface area (Å²) in [6.07, 6.45) is 2.00. The van der Waals surface area contributed by atoms with Crippen LogP contribution in [0.15, 0.2) is 45.1 Å². The number of hydrogen-bond donors (Lipinski definition) is 1. The van der Waals surface area contributed by atoms with Gasteiger partial charge in [0.15, 0.2) is 5.82 Å². The molecule has 1 aliphatic carbocycles. The van der Waals surface area contributed by atoms with E-state index in [4.69, 9.17) is 4.52 Å². The number of aromatic nitrogens is 2. The summed E-state index contributed by atoms with van der Waals surface area (Å²) in [6, 6.07) is 6.41. The number of hydrogen-bond acceptors (Lipinski definition) is 7. The summed E-state index contributed by atoms with van der Waals surface area (Å²) in [4.78, 5) is 16.7. The Balaban J connectivity index is 1.63. The normalized spacial score (nSPS) is 14.4. The molecule has 28 heavy (non-hydrogen) atoms. The number of nitrogens with one attached hydrogen (secondary N) is 1. The first kappa shape index (κ1) is 18.7. The van der Waals surface area contributed by atoms with Crippen molar-refractivity contribution in [2.24, 2.45) is 0 Å². The summed E-state index contributed by atoms with van der Waals surface area (Å²) in [5, 5.41) is 8.16. The second-order valence-corrected chi connectivity index (χ2v) is 8.95. The molecule has 0 bridgehead atoms. The Morgan fingerprint density at radius 1 is 1.25 bits per heavy atom. The molecule has 0 atom stereocenters. The van der Waals surface area contributed by atoms with Crippen molar-refractivity contribution >= 4 is 32.8 Å². The van der Waals surface area contributed by atoms with Gasteiger partial charge in [-0.05, 0) is 36.4 Å². The van der Waals surface area contributed by atoms with Crippen molar-refractivity contribution < 1.29 is 26.5 Å². The van der Waals surface area contributed by atoms with Gasteiger partial charge in [-0.1, -0.05) is 17.3 Å². The first-order valence-electron chi connectivity index (χ1n) is 8.22. The van der Waals surface area contributed by atoms with Crippen LogP contribution in [0.4, 0.5) is 14.5 Å². The highest BCUT2D eigenvalue weighted by atomic mass is 32.2. The SMILES string of the molecule is O=C(Nc1ccsc1-c1nc(C2CC2)no1)c1ccccc1S(=O)(=O)C(F)F. The molecule has 3 aromatic rings. The molecule has 1 aliphatic rings. The van der Waals surface area contributed by atoms with Gasteiger partial charge in [-0.15, -0.1) is 11.3 Å². The lowest BCUT2D eigenvalue weighted by Gasteiger charge is -2.10. The average Bonchev–Trinajstić information content (AvgIpc) is 3.23. The first-order chi connectivity index (χ1) is 13.4. The predicted octanol–water partition coefficient (Wildman–Crippen LogP) is 3.92. The molecule has 0 spiro atoms. The van der Waals surface area contributed by atoms with Crippen LogP contribution < -0.4 is 5.32 Å². The van der Waals surface area contributed by atoms with Crippen molar-refractivity contribution in [3.05, 3.63) is 47.1 Å². The molecule has 0 saturated heterocycles. The fourth-order valence-corrected chi connectivity index (χ4v) is 4.29.